The Bertz CT molecular complexity index is 269. The summed E-state index contributed by atoms with van der Waals surface area (Å²) in [5.74, 6) is 0.626. The molecule has 0 saturated heterocycles. The standard InChI is InChI=1S/C11H18N2/c1-8(2)9(3)13-11-6-4-5-10(12)7-11/h4-9,13H,12H2,1-3H3. The average molecular weight is 178 g/mol. The molecule has 0 fully saturated rings. The first-order valence-electron chi connectivity index (χ1n) is 4.71. The fourth-order valence-electron chi connectivity index (χ4n) is 1.06. The molecule has 72 valence electrons. The van der Waals surface area contributed by atoms with Gasteiger partial charge in [0.25, 0.3) is 0 Å². The van der Waals surface area contributed by atoms with Gasteiger partial charge in [-0.25, -0.2) is 0 Å². The van der Waals surface area contributed by atoms with E-state index in [9.17, 15) is 0 Å². The monoisotopic (exact) mass is 178 g/mol. The van der Waals surface area contributed by atoms with Gasteiger partial charge in [-0.05, 0) is 31.0 Å². The average Bonchev–Trinajstić information content (AvgIpc) is 2.04. The fourth-order valence-corrected chi connectivity index (χ4v) is 1.06. The number of hydrogen-bond donors (Lipinski definition) is 2. The molecule has 1 unspecified atom stereocenters. The van der Waals surface area contributed by atoms with Crippen molar-refractivity contribution in [2.45, 2.75) is 26.8 Å². The first kappa shape index (κ1) is 9.90. The Morgan fingerprint density at radius 2 is 1.92 bits per heavy atom. The molecule has 0 aliphatic rings. The molecule has 0 amide bonds. The van der Waals surface area contributed by atoms with Gasteiger partial charge in [0.2, 0.25) is 0 Å². The van der Waals surface area contributed by atoms with E-state index in [1.807, 2.05) is 24.3 Å². The van der Waals surface area contributed by atoms with Crippen LogP contribution in [0.15, 0.2) is 24.3 Å². The van der Waals surface area contributed by atoms with E-state index < -0.39 is 0 Å². The molecule has 1 aromatic rings. The molecule has 1 atom stereocenters. The molecular weight excluding hydrogens is 160 g/mol. The van der Waals surface area contributed by atoms with E-state index in [4.69, 9.17) is 5.73 Å². The van der Waals surface area contributed by atoms with E-state index in [2.05, 4.69) is 26.1 Å². The highest BCUT2D eigenvalue weighted by molar-refractivity contribution is 5.54. The third-order valence-corrected chi connectivity index (χ3v) is 2.28. The topological polar surface area (TPSA) is 38.0 Å². The van der Waals surface area contributed by atoms with Crippen LogP contribution in [0.3, 0.4) is 0 Å². The van der Waals surface area contributed by atoms with Gasteiger partial charge in [-0.2, -0.15) is 0 Å². The second-order valence-corrected chi connectivity index (χ2v) is 3.80. The summed E-state index contributed by atoms with van der Waals surface area (Å²) in [7, 11) is 0. The van der Waals surface area contributed by atoms with Crippen molar-refractivity contribution in [2.75, 3.05) is 11.1 Å². The molecule has 0 heterocycles. The third-order valence-electron chi connectivity index (χ3n) is 2.28. The van der Waals surface area contributed by atoms with Gasteiger partial charge in [-0.3, -0.25) is 0 Å². The zero-order valence-corrected chi connectivity index (χ0v) is 8.54. The predicted molar refractivity (Wildman–Crippen MR) is 58.8 cm³/mol. The van der Waals surface area contributed by atoms with Crippen molar-refractivity contribution in [2.24, 2.45) is 5.92 Å². The van der Waals surface area contributed by atoms with Crippen molar-refractivity contribution in [3.05, 3.63) is 24.3 Å². The van der Waals surface area contributed by atoms with Gasteiger partial charge in [0.15, 0.2) is 0 Å². The predicted octanol–water partition coefficient (Wildman–Crippen LogP) is 2.73. The SMILES string of the molecule is CC(C)C(C)Nc1cccc(N)c1. The lowest BCUT2D eigenvalue weighted by atomic mass is 10.1. The summed E-state index contributed by atoms with van der Waals surface area (Å²) >= 11 is 0. The smallest absolute Gasteiger partial charge is 0.0362 e. The molecule has 13 heavy (non-hydrogen) atoms. The van der Waals surface area contributed by atoms with Gasteiger partial charge >= 0.3 is 0 Å². The number of anilines is 2. The molecule has 3 N–H and O–H groups in total. The maximum Gasteiger partial charge on any atom is 0.0362 e. The normalized spacial score (nSPS) is 12.9. The largest absolute Gasteiger partial charge is 0.399 e. The van der Waals surface area contributed by atoms with Crippen molar-refractivity contribution in [3.8, 4) is 0 Å². The Labute approximate surface area is 80.1 Å². The van der Waals surface area contributed by atoms with E-state index in [0.717, 1.165) is 11.4 Å². The molecule has 0 saturated carbocycles. The summed E-state index contributed by atoms with van der Waals surface area (Å²) < 4.78 is 0. The van der Waals surface area contributed by atoms with E-state index in [-0.39, 0.29) is 0 Å². The summed E-state index contributed by atoms with van der Waals surface area (Å²) in [5.41, 5.74) is 7.58. The number of nitrogens with two attached hydrogens (primary N) is 1. The minimum atomic E-state index is 0.474. The van der Waals surface area contributed by atoms with Gasteiger partial charge in [0, 0.05) is 17.4 Å². The zero-order chi connectivity index (χ0) is 9.84. The van der Waals surface area contributed by atoms with Crippen LogP contribution in [0.4, 0.5) is 11.4 Å². The molecule has 2 heteroatoms. The number of nitrogens with one attached hydrogen (secondary N) is 1. The quantitative estimate of drug-likeness (QED) is 0.698. The van der Waals surface area contributed by atoms with Crippen LogP contribution in [0.5, 0.6) is 0 Å². The molecule has 2 nitrogen and oxygen atoms in total. The van der Waals surface area contributed by atoms with E-state index in [1.165, 1.54) is 0 Å². The summed E-state index contributed by atoms with van der Waals surface area (Å²) in [6.45, 7) is 6.57. The Morgan fingerprint density at radius 1 is 1.23 bits per heavy atom. The highest BCUT2D eigenvalue weighted by Crippen LogP contribution is 2.15. The zero-order valence-electron chi connectivity index (χ0n) is 8.54. The lowest BCUT2D eigenvalue weighted by Gasteiger charge is -2.18. The second kappa shape index (κ2) is 4.17. The van der Waals surface area contributed by atoms with Crippen LogP contribution in [0.1, 0.15) is 20.8 Å². The number of hydrogen-bond acceptors (Lipinski definition) is 2. The van der Waals surface area contributed by atoms with Crippen LogP contribution in [0.25, 0.3) is 0 Å². The van der Waals surface area contributed by atoms with Gasteiger partial charge in [-0.15, -0.1) is 0 Å². The fraction of sp³-hybridized carbons (Fsp3) is 0.455. The Hall–Kier alpha value is -1.18. The van der Waals surface area contributed by atoms with Crippen molar-refractivity contribution < 1.29 is 0 Å². The second-order valence-electron chi connectivity index (χ2n) is 3.80. The van der Waals surface area contributed by atoms with Crippen LogP contribution < -0.4 is 11.1 Å². The molecule has 1 rings (SSSR count). The molecule has 1 aromatic carbocycles. The molecule has 0 bridgehead atoms. The minimum absolute atomic E-state index is 0.474. The van der Waals surface area contributed by atoms with Crippen molar-refractivity contribution in [3.63, 3.8) is 0 Å². The maximum atomic E-state index is 5.67. The van der Waals surface area contributed by atoms with Gasteiger partial charge in [0.1, 0.15) is 0 Å². The van der Waals surface area contributed by atoms with E-state index in [1.54, 1.807) is 0 Å². The summed E-state index contributed by atoms with van der Waals surface area (Å²) in [6, 6.07) is 8.33. The summed E-state index contributed by atoms with van der Waals surface area (Å²) in [4.78, 5) is 0. The molecule has 0 radical (unpaired) electrons. The van der Waals surface area contributed by atoms with Crippen LogP contribution in [0.2, 0.25) is 0 Å². The summed E-state index contributed by atoms with van der Waals surface area (Å²) in [6.07, 6.45) is 0. The number of nitrogen functional groups attached to an aromatic ring is 1. The maximum absolute atomic E-state index is 5.67. The molecule has 0 aromatic heterocycles. The molecular formula is C11H18N2. The highest BCUT2D eigenvalue weighted by atomic mass is 14.9. The highest BCUT2D eigenvalue weighted by Gasteiger charge is 2.05. The van der Waals surface area contributed by atoms with E-state index in [0.29, 0.717) is 12.0 Å². The van der Waals surface area contributed by atoms with Gasteiger partial charge in [-0.1, -0.05) is 19.9 Å². The molecule has 0 aliphatic carbocycles. The van der Waals surface area contributed by atoms with Crippen LogP contribution >= 0.6 is 0 Å². The van der Waals surface area contributed by atoms with Crippen molar-refractivity contribution in [1.29, 1.82) is 0 Å². The first-order chi connectivity index (χ1) is 6.09. The van der Waals surface area contributed by atoms with Gasteiger partial charge < -0.3 is 11.1 Å². The molecule has 0 spiro atoms. The van der Waals surface area contributed by atoms with Gasteiger partial charge in [0.05, 0.1) is 0 Å². The van der Waals surface area contributed by atoms with E-state index >= 15 is 0 Å². The van der Waals surface area contributed by atoms with Crippen molar-refractivity contribution >= 4 is 11.4 Å². The van der Waals surface area contributed by atoms with Crippen LogP contribution in [-0.4, -0.2) is 6.04 Å². The van der Waals surface area contributed by atoms with Crippen LogP contribution in [-0.2, 0) is 0 Å². The van der Waals surface area contributed by atoms with Crippen LogP contribution in [0, 0.1) is 5.92 Å². The van der Waals surface area contributed by atoms with Crippen molar-refractivity contribution in [1.82, 2.24) is 0 Å². The number of rotatable bonds is 3. The minimum Gasteiger partial charge on any atom is -0.399 e. The Balaban J connectivity index is 2.64. The lowest BCUT2D eigenvalue weighted by molar-refractivity contribution is 0.560. The summed E-state index contributed by atoms with van der Waals surface area (Å²) in [5, 5.41) is 3.40. The Kier molecular flexibility index (Phi) is 3.18. The number of benzene rings is 1. The first-order valence-corrected chi connectivity index (χ1v) is 4.71. The Morgan fingerprint density at radius 3 is 2.46 bits per heavy atom. The lowest BCUT2D eigenvalue weighted by Crippen LogP contribution is -2.21. The molecule has 0 aliphatic heterocycles. The third kappa shape index (κ3) is 2.98.